The van der Waals surface area contributed by atoms with Gasteiger partial charge in [-0.05, 0) is 54.3 Å². The normalized spacial score (nSPS) is 10.6. The lowest BCUT2D eigenvalue weighted by molar-refractivity contribution is -0.137. The Morgan fingerprint density at radius 3 is 2.40 bits per heavy atom. The molecule has 30 heavy (non-hydrogen) atoms. The van der Waals surface area contributed by atoms with E-state index in [4.69, 9.17) is 4.74 Å². The third-order valence-corrected chi connectivity index (χ3v) is 4.90. The van der Waals surface area contributed by atoms with Gasteiger partial charge in [0.15, 0.2) is 0 Å². The van der Waals surface area contributed by atoms with E-state index < -0.39 is 5.97 Å². The van der Waals surface area contributed by atoms with Gasteiger partial charge < -0.3 is 15.4 Å². The van der Waals surface area contributed by atoms with E-state index in [0.29, 0.717) is 28.4 Å². The van der Waals surface area contributed by atoms with Crippen LogP contribution in [-0.2, 0) is 9.53 Å². The van der Waals surface area contributed by atoms with E-state index in [0.717, 1.165) is 5.56 Å². The highest BCUT2D eigenvalue weighted by atomic mass is 32.1. The van der Waals surface area contributed by atoms with Gasteiger partial charge in [-0.3, -0.25) is 9.59 Å². The van der Waals surface area contributed by atoms with Crippen molar-refractivity contribution in [2.24, 2.45) is 0 Å². The minimum absolute atomic E-state index is 0.261. The minimum Gasteiger partial charge on any atom is -0.463 e. The molecule has 1 aromatic heterocycles. The smallest absolute Gasteiger partial charge is 0.330 e. The van der Waals surface area contributed by atoms with Crippen LogP contribution in [0.1, 0.15) is 32.5 Å². The number of hydrogen-bond acceptors (Lipinski definition) is 5. The predicted molar refractivity (Wildman–Crippen MR) is 119 cm³/mol. The van der Waals surface area contributed by atoms with Crippen molar-refractivity contribution >= 4 is 46.6 Å². The van der Waals surface area contributed by atoms with Crippen LogP contribution in [0.4, 0.5) is 11.4 Å². The largest absolute Gasteiger partial charge is 0.463 e. The van der Waals surface area contributed by atoms with E-state index in [2.05, 4.69) is 10.6 Å². The molecule has 0 unspecified atom stereocenters. The first kappa shape index (κ1) is 21.0. The zero-order valence-corrected chi connectivity index (χ0v) is 17.1. The molecule has 0 spiro atoms. The summed E-state index contributed by atoms with van der Waals surface area (Å²) in [5, 5.41) is 7.42. The summed E-state index contributed by atoms with van der Waals surface area (Å²) in [6.07, 6.45) is 2.99. The molecule has 0 saturated heterocycles. The molecule has 0 saturated carbocycles. The number of anilines is 2. The number of thiophene rings is 1. The summed E-state index contributed by atoms with van der Waals surface area (Å²) in [4.78, 5) is 37.0. The first-order valence-corrected chi connectivity index (χ1v) is 10.1. The molecule has 152 valence electrons. The molecule has 0 radical (unpaired) electrons. The number of rotatable bonds is 7. The predicted octanol–water partition coefficient (Wildman–Crippen LogP) is 4.83. The molecule has 2 N–H and O–H groups in total. The number of benzene rings is 2. The highest BCUT2D eigenvalue weighted by Gasteiger charge is 2.14. The number of nitrogens with one attached hydrogen (secondary N) is 2. The van der Waals surface area contributed by atoms with Gasteiger partial charge >= 0.3 is 5.97 Å². The lowest BCUT2D eigenvalue weighted by Crippen LogP contribution is -2.17. The molecule has 0 aliphatic heterocycles. The summed E-state index contributed by atoms with van der Waals surface area (Å²) in [6, 6.07) is 17.4. The van der Waals surface area contributed by atoms with Crippen LogP contribution in [0.2, 0.25) is 0 Å². The van der Waals surface area contributed by atoms with Gasteiger partial charge in [0, 0.05) is 11.8 Å². The summed E-state index contributed by atoms with van der Waals surface area (Å²) in [5.74, 6) is -1.01. The second-order valence-corrected chi connectivity index (χ2v) is 7.09. The molecule has 0 aliphatic carbocycles. The van der Waals surface area contributed by atoms with E-state index in [-0.39, 0.29) is 11.8 Å². The van der Waals surface area contributed by atoms with Gasteiger partial charge in [-0.15, -0.1) is 11.3 Å². The van der Waals surface area contributed by atoms with E-state index in [9.17, 15) is 14.4 Å². The van der Waals surface area contributed by atoms with E-state index >= 15 is 0 Å². The average Bonchev–Trinajstić information content (AvgIpc) is 3.29. The van der Waals surface area contributed by atoms with Crippen molar-refractivity contribution < 1.29 is 19.1 Å². The first-order chi connectivity index (χ1) is 14.6. The lowest BCUT2D eigenvalue weighted by atomic mass is 10.1. The van der Waals surface area contributed by atoms with Crippen LogP contribution in [0.15, 0.2) is 72.1 Å². The van der Waals surface area contributed by atoms with E-state index in [1.807, 2.05) is 5.38 Å². The molecule has 2 aromatic carbocycles. The molecule has 6 nitrogen and oxygen atoms in total. The number of para-hydroxylation sites is 1. The molecule has 0 bridgehead atoms. The fraction of sp³-hybridized carbons (Fsp3) is 0.0870. The monoisotopic (exact) mass is 420 g/mol. The summed E-state index contributed by atoms with van der Waals surface area (Å²) >= 11 is 1.33. The Hall–Kier alpha value is -3.71. The van der Waals surface area contributed by atoms with E-state index in [1.165, 1.54) is 17.4 Å². The Labute approximate surface area is 178 Å². The zero-order valence-electron chi connectivity index (χ0n) is 16.3. The average molecular weight is 420 g/mol. The Balaban J connectivity index is 1.67. The second-order valence-electron chi connectivity index (χ2n) is 6.14. The molecule has 0 fully saturated rings. The molecule has 0 atom stereocenters. The molecule has 3 rings (SSSR count). The number of carbonyl (C=O) groups excluding carboxylic acids is 3. The Morgan fingerprint density at radius 2 is 1.70 bits per heavy atom. The Kier molecular flexibility index (Phi) is 7.13. The number of amides is 2. The first-order valence-electron chi connectivity index (χ1n) is 9.27. The van der Waals surface area contributed by atoms with Crippen LogP contribution in [0.25, 0.3) is 6.08 Å². The van der Waals surface area contributed by atoms with Crippen LogP contribution >= 0.6 is 11.3 Å². The summed E-state index contributed by atoms with van der Waals surface area (Å²) in [5.41, 5.74) is 2.17. The van der Waals surface area contributed by atoms with Crippen LogP contribution in [0.5, 0.6) is 0 Å². The highest BCUT2D eigenvalue weighted by Crippen LogP contribution is 2.20. The minimum atomic E-state index is -0.406. The quantitative estimate of drug-likeness (QED) is 0.424. The molecule has 2 amide bonds. The third kappa shape index (κ3) is 5.65. The van der Waals surface area contributed by atoms with Crippen molar-refractivity contribution in [3.05, 3.63) is 88.1 Å². The van der Waals surface area contributed by atoms with Crippen LogP contribution in [0, 0.1) is 0 Å². The summed E-state index contributed by atoms with van der Waals surface area (Å²) in [6.45, 7) is 2.07. The molecule has 1 heterocycles. The van der Waals surface area contributed by atoms with Gasteiger partial charge in [-0.25, -0.2) is 4.79 Å². The van der Waals surface area contributed by atoms with Gasteiger partial charge in [0.1, 0.15) is 0 Å². The second kappa shape index (κ2) is 10.2. The van der Waals surface area contributed by atoms with Crippen molar-refractivity contribution in [3.8, 4) is 0 Å². The topological polar surface area (TPSA) is 84.5 Å². The van der Waals surface area contributed by atoms with Gasteiger partial charge in [0.05, 0.1) is 22.7 Å². The van der Waals surface area contributed by atoms with Gasteiger partial charge in [0.25, 0.3) is 11.8 Å². The molecule has 7 heteroatoms. The number of hydrogen-bond donors (Lipinski definition) is 2. The van der Waals surface area contributed by atoms with Crippen molar-refractivity contribution in [2.75, 3.05) is 17.2 Å². The van der Waals surface area contributed by atoms with Crippen LogP contribution in [0.3, 0.4) is 0 Å². The third-order valence-electron chi connectivity index (χ3n) is 4.03. The Morgan fingerprint density at radius 1 is 0.933 bits per heavy atom. The fourth-order valence-electron chi connectivity index (χ4n) is 2.61. The number of carbonyl (C=O) groups is 3. The molecule has 0 aliphatic rings. The Bertz CT molecular complexity index is 1060. The SMILES string of the molecule is CCOC(=O)/C=C/c1ccc(NC(=O)c2ccccc2NC(=O)c2cccs2)cc1. The van der Waals surface area contributed by atoms with Crippen LogP contribution in [-0.4, -0.2) is 24.4 Å². The summed E-state index contributed by atoms with van der Waals surface area (Å²) < 4.78 is 4.84. The maximum absolute atomic E-state index is 12.7. The van der Waals surface area contributed by atoms with Gasteiger partial charge in [-0.1, -0.05) is 30.3 Å². The fourth-order valence-corrected chi connectivity index (χ4v) is 3.23. The van der Waals surface area contributed by atoms with Crippen molar-refractivity contribution in [1.82, 2.24) is 0 Å². The maximum atomic E-state index is 12.7. The zero-order chi connectivity index (χ0) is 21.3. The van der Waals surface area contributed by atoms with Gasteiger partial charge in [0.2, 0.25) is 0 Å². The molecular formula is C23H20N2O4S. The van der Waals surface area contributed by atoms with Gasteiger partial charge in [-0.2, -0.15) is 0 Å². The molecule has 3 aromatic rings. The molecular weight excluding hydrogens is 400 g/mol. The van der Waals surface area contributed by atoms with Crippen molar-refractivity contribution in [1.29, 1.82) is 0 Å². The highest BCUT2D eigenvalue weighted by molar-refractivity contribution is 7.12. The summed E-state index contributed by atoms with van der Waals surface area (Å²) in [7, 11) is 0. The van der Waals surface area contributed by atoms with E-state index in [1.54, 1.807) is 73.7 Å². The number of ether oxygens (including phenoxy) is 1. The lowest BCUT2D eigenvalue weighted by Gasteiger charge is -2.11. The van der Waals surface area contributed by atoms with Crippen LogP contribution < -0.4 is 10.6 Å². The maximum Gasteiger partial charge on any atom is 0.330 e. The standard InChI is InChI=1S/C23H20N2O4S/c1-2-29-21(26)14-11-16-9-12-17(13-10-16)24-22(27)18-6-3-4-7-19(18)25-23(28)20-8-5-15-30-20/h3-15H,2H2,1H3,(H,24,27)(H,25,28)/b14-11+. The van der Waals surface area contributed by atoms with Crippen molar-refractivity contribution in [2.45, 2.75) is 6.92 Å². The number of esters is 1. The van der Waals surface area contributed by atoms with Crippen molar-refractivity contribution in [3.63, 3.8) is 0 Å².